The second-order valence-electron chi connectivity index (χ2n) is 5.35. The van der Waals surface area contributed by atoms with E-state index in [0.717, 1.165) is 12.8 Å². The van der Waals surface area contributed by atoms with Gasteiger partial charge in [0.1, 0.15) is 6.04 Å². The van der Waals surface area contributed by atoms with Crippen molar-refractivity contribution in [2.24, 2.45) is 11.8 Å². The van der Waals surface area contributed by atoms with E-state index in [4.69, 9.17) is 9.84 Å². The minimum absolute atomic E-state index is 0.227. The molecule has 1 heterocycles. The minimum Gasteiger partial charge on any atom is -0.480 e. The quantitative estimate of drug-likeness (QED) is 0.745. The van der Waals surface area contributed by atoms with Gasteiger partial charge in [0.2, 0.25) is 0 Å². The lowest BCUT2D eigenvalue weighted by molar-refractivity contribution is -0.147. The molecule has 0 aromatic rings. The fourth-order valence-electron chi connectivity index (χ4n) is 2.82. The summed E-state index contributed by atoms with van der Waals surface area (Å²) < 4.78 is 5.64. The third-order valence-electron chi connectivity index (χ3n) is 3.96. The molecular weight excluding hydrogens is 206 g/mol. The van der Waals surface area contributed by atoms with Crippen LogP contribution in [0.1, 0.15) is 33.1 Å². The van der Waals surface area contributed by atoms with E-state index in [1.54, 1.807) is 0 Å². The molecule has 2 fully saturated rings. The molecule has 1 saturated carbocycles. The number of hydrogen-bond donors (Lipinski definition) is 2. The van der Waals surface area contributed by atoms with Crippen LogP contribution in [0.4, 0.5) is 0 Å². The lowest BCUT2D eigenvalue weighted by Crippen LogP contribution is -2.59. The van der Waals surface area contributed by atoms with E-state index in [9.17, 15) is 4.79 Å². The molecule has 4 unspecified atom stereocenters. The van der Waals surface area contributed by atoms with E-state index in [2.05, 4.69) is 19.2 Å². The van der Waals surface area contributed by atoms with Crippen LogP contribution in [0.5, 0.6) is 0 Å². The Morgan fingerprint density at radius 1 is 1.44 bits per heavy atom. The highest BCUT2D eigenvalue weighted by Gasteiger charge is 2.38. The lowest BCUT2D eigenvalue weighted by atomic mass is 9.77. The topological polar surface area (TPSA) is 58.6 Å². The summed E-state index contributed by atoms with van der Waals surface area (Å²) in [5.41, 5.74) is 0. The van der Waals surface area contributed by atoms with Crippen LogP contribution in [-0.4, -0.2) is 35.9 Å². The Bertz CT molecular complexity index is 267. The van der Waals surface area contributed by atoms with Gasteiger partial charge >= 0.3 is 5.97 Å². The van der Waals surface area contributed by atoms with Crippen molar-refractivity contribution in [1.82, 2.24) is 5.32 Å². The van der Waals surface area contributed by atoms with Crippen LogP contribution in [-0.2, 0) is 9.53 Å². The molecule has 4 heteroatoms. The first-order valence-corrected chi connectivity index (χ1v) is 6.18. The molecule has 1 aliphatic heterocycles. The molecule has 0 aromatic heterocycles. The van der Waals surface area contributed by atoms with E-state index in [0.29, 0.717) is 18.4 Å². The predicted molar refractivity (Wildman–Crippen MR) is 60.3 cm³/mol. The van der Waals surface area contributed by atoms with Gasteiger partial charge in [0.25, 0.3) is 0 Å². The van der Waals surface area contributed by atoms with Crippen molar-refractivity contribution in [3.05, 3.63) is 0 Å². The van der Waals surface area contributed by atoms with E-state index < -0.39 is 12.0 Å². The predicted octanol–water partition coefficient (Wildman–Crippen LogP) is 1.25. The molecule has 0 amide bonds. The van der Waals surface area contributed by atoms with Gasteiger partial charge < -0.3 is 9.84 Å². The number of fused-ring (bicyclic) bond motifs is 1. The van der Waals surface area contributed by atoms with Crippen molar-refractivity contribution in [2.75, 3.05) is 6.61 Å². The van der Waals surface area contributed by atoms with Crippen molar-refractivity contribution in [2.45, 2.75) is 51.3 Å². The molecule has 0 aromatic carbocycles. The van der Waals surface area contributed by atoms with Gasteiger partial charge in [-0.1, -0.05) is 13.8 Å². The fourth-order valence-corrected chi connectivity index (χ4v) is 2.82. The Balaban J connectivity index is 1.96. The zero-order valence-corrected chi connectivity index (χ0v) is 9.98. The molecule has 4 nitrogen and oxygen atoms in total. The summed E-state index contributed by atoms with van der Waals surface area (Å²) in [4.78, 5) is 10.9. The molecule has 1 saturated heterocycles. The third kappa shape index (κ3) is 2.38. The van der Waals surface area contributed by atoms with Crippen LogP contribution in [0.3, 0.4) is 0 Å². The summed E-state index contributed by atoms with van der Waals surface area (Å²) in [6.45, 7) is 4.79. The van der Waals surface area contributed by atoms with Gasteiger partial charge in [-0.3, -0.25) is 10.1 Å². The molecule has 16 heavy (non-hydrogen) atoms. The second-order valence-corrected chi connectivity index (χ2v) is 5.35. The maximum atomic E-state index is 10.9. The van der Waals surface area contributed by atoms with Crippen molar-refractivity contribution < 1.29 is 14.6 Å². The van der Waals surface area contributed by atoms with Gasteiger partial charge in [-0.15, -0.1) is 0 Å². The summed E-state index contributed by atoms with van der Waals surface area (Å²) in [5, 5.41) is 12.2. The van der Waals surface area contributed by atoms with Crippen LogP contribution in [0, 0.1) is 11.8 Å². The Hall–Kier alpha value is -0.610. The first-order chi connectivity index (χ1) is 7.58. The summed E-state index contributed by atoms with van der Waals surface area (Å²) in [7, 11) is 0. The van der Waals surface area contributed by atoms with E-state index in [1.807, 2.05) is 0 Å². The van der Waals surface area contributed by atoms with Crippen molar-refractivity contribution >= 4 is 5.97 Å². The molecule has 0 spiro atoms. The smallest absolute Gasteiger partial charge is 0.323 e. The summed E-state index contributed by atoms with van der Waals surface area (Å²) >= 11 is 0. The highest BCUT2D eigenvalue weighted by molar-refractivity contribution is 5.73. The van der Waals surface area contributed by atoms with Gasteiger partial charge in [0.05, 0.1) is 12.7 Å². The summed E-state index contributed by atoms with van der Waals surface area (Å²) in [6.07, 6.45) is 3.54. The molecule has 2 N–H and O–H groups in total. The number of rotatable bonds is 2. The average Bonchev–Trinajstić information content (AvgIpc) is 2.27. The molecule has 2 rings (SSSR count). The van der Waals surface area contributed by atoms with Gasteiger partial charge in [0.15, 0.2) is 0 Å². The van der Waals surface area contributed by atoms with Crippen LogP contribution < -0.4 is 5.32 Å². The van der Waals surface area contributed by atoms with E-state index in [1.165, 1.54) is 6.42 Å². The summed E-state index contributed by atoms with van der Waals surface area (Å²) in [5.74, 6) is 0.572. The average molecular weight is 227 g/mol. The number of morpholine rings is 1. The first kappa shape index (κ1) is 11.9. The fraction of sp³-hybridized carbons (Fsp3) is 0.917. The van der Waals surface area contributed by atoms with Crippen LogP contribution in [0.25, 0.3) is 0 Å². The van der Waals surface area contributed by atoms with Gasteiger partial charge in [0, 0.05) is 6.04 Å². The number of nitrogens with one attached hydrogen (secondary N) is 1. The van der Waals surface area contributed by atoms with Crippen molar-refractivity contribution in [1.29, 1.82) is 0 Å². The third-order valence-corrected chi connectivity index (χ3v) is 3.96. The normalized spacial score (nSPS) is 39.4. The molecule has 0 bridgehead atoms. The Labute approximate surface area is 96.4 Å². The minimum atomic E-state index is -0.801. The molecule has 4 atom stereocenters. The maximum Gasteiger partial charge on any atom is 0.323 e. The van der Waals surface area contributed by atoms with Crippen molar-refractivity contribution in [3.8, 4) is 0 Å². The van der Waals surface area contributed by atoms with Crippen LogP contribution in [0.15, 0.2) is 0 Å². The Kier molecular flexibility index (Phi) is 3.50. The summed E-state index contributed by atoms with van der Waals surface area (Å²) in [6, 6.07) is -0.289. The molecule has 2 aliphatic rings. The molecular formula is C12H21NO3. The SMILES string of the molecule is CC(C)C1CCC2OCC(C(=O)O)NC2C1. The number of aliphatic carboxylic acids is 1. The Morgan fingerprint density at radius 3 is 2.81 bits per heavy atom. The molecule has 0 radical (unpaired) electrons. The zero-order valence-electron chi connectivity index (χ0n) is 9.98. The van der Waals surface area contributed by atoms with E-state index in [-0.39, 0.29) is 12.1 Å². The van der Waals surface area contributed by atoms with E-state index >= 15 is 0 Å². The highest BCUT2D eigenvalue weighted by Crippen LogP contribution is 2.33. The monoisotopic (exact) mass is 227 g/mol. The maximum absolute atomic E-state index is 10.9. The number of ether oxygens (including phenoxy) is 1. The van der Waals surface area contributed by atoms with Crippen molar-refractivity contribution in [3.63, 3.8) is 0 Å². The second kappa shape index (κ2) is 4.72. The first-order valence-electron chi connectivity index (χ1n) is 6.18. The van der Waals surface area contributed by atoms with Gasteiger partial charge in [-0.2, -0.15) is 0 Å². The van der Waals surface area contributed by atoms with Crippen LogP contribution in [0.2, 0.25) is 0 Å². The number of carbonyl (C=O) groups is 1. The molecule has 1 aliphatic carbocycles. The highest BCUT2D eigenvalue weighted by atomic mass is 16.5. The number of carboxylic acids is 1. The molecule has 92 valence electrons. The number of carboxylic acid groups (broad SMARTS) is 1. The number of hydrogen-bond acceptors (Lipinski definition) is 3. The van der Waals surface area contributed by atoms with Gasteiger partial charge in [-0.25, -0.2) is 0 Å². The Morgan fingerprint density at radius 2 is 2.19 bits per heavy atom. The van der Waals surface area contributed by atoms with Gasteiger partial charge in [-0.05, 0) is 31.1 Å². The zero-order chi connectivity index (χ0) is 11.7. The van der Waals surface area contributed by atoms with Crippen LogP contribution >= 0.6 is 0 Å². The standard InChI is InChI=1S/C12H21NO3/c1-7(2)8-3-4-11-9(5-8)13-10(6-16-11)12(14)15/h7-11,13H,3-6H2,1-2H3,(H,14,15). The largest absolute Gasteiger partial charge is 0.480 e. The lowest BCUT2D eigenvalue weighted by Gasteiger charge is -2.42.